The maximum atomic E-state index is 12.0. The Bertz CT molecular complexity index is 614. The first kappa shape index (κ1) is 18.3. The third kappa shape index (κ3) is 4.62. The van der Waals surface area contributed by atoms with Crippen molar-refractivity contribution in [2.24, 2.45) is 0 Å². The van der Waals surface area contributed by atoms with Crippen LogP contribution in [-0.4, -0.2) is 32.3 Å². The second kappa shape index (κ2) is 8.63. The van der Waals surface area contributed by atoms with Gasteiger partial charge in [0.2, 0.25) is 11.8 Å². The van der Waals surface area contributed by atoms with Gasteiger partial charge in [0.25, 0.3) is 0 Å². The third-order valence-corrected chi connectivity index (χ3v) is 2.72. The molecule has 0 spiro atoms. The summed E-state index contributed by atoms with van der Waals surface area (Å²) >= 11 is 0. The van der Waals surface area contributed by atoms with Crippen molar-refractivity contribution in [2.45, 2.75) is 0 Å². The van der Waals surface area contributed by atoms with E-state index in [0.717, 1.165) is 0 Å². The Morgan fingerprint density at radius 1 is 0.909 bits per heavy atom. The minimum atomic E-state index is -0.527. The smallest absolute Gasteiger partial charge is 1.00 e. The second-order valence-corrected chi connectivity index (χ2v) is 4.01. The number of hydrogen-bond donors (Lipinski definition) is 0. The number of esters is 1. The zero-order valence-electron chi connectivity index (χ0n) is 14.0. The Balaban J connectivity index is 0.00000242. The van der Waals surface area contributed by atoms with Crippen LogP contribution in [0.3, 0.4) is 0 Å². The van der Waals surface area contributed by atoms with Crippen LogP contribution in [0.2, 0.25) is 0 Å². The number of ether oxygens (including phenoxy) is 4. The Hall–Kier alpha value is -1.76. The Morgan fingerprint density at radius 3 is 2.05 bits per heavy atom. The third-order valence-electron chi connectivity index (χ3n) is 2.72. The number of aromatic nitrogens is 1. The molecule has 0 atom stereocenters. The molecule has 0 saturated carbocycles. The summed E-state index contributed by atoms with van der Waals surface area (Å²) in [4.78, 5) is 16.1. The van der Waals surface area contributed by atoms with Crippen molar-refractivity contribution in [3.05, 3.63) is 42.0 Å². The van der Waals surface area contributed by atoms with Gasteiger partial charge in [0.15, 0.2) is 0 Å². The Labute approximate surface area is 152 Å². The maximum Gasteiger partial charge on any atom is 1.00 e. The summed E-state index contributed by atoms with van der Waals surface area (Å²) in [6.07, 6.45) is 0. The minimum Gasteiger partial charge on any atom is -1.00 e. The molecule has 0 fully saturated rings. The molecule has 0 aliphatic rings. The molecule has 0 amide bonds. The van der Waals surface area contributed by atoms with E-state index in [4.69, 9.17) is 18.9 Å². The molecule has 1 aromatic heterocycles. The van der Waals surface area contributed by atoms with Crippen LogP contribution in [0.15, 0.2) is 36.4 Å². The van der Waals surface area contributed by atoms with E-state index in [1.807, 2.05) is 0 Å². The summed E-state index contributed by atoms with van der Waals surface area (Å²) < 4.78 is 20.3. The monoisotopic (exact) mass is 313 g/mol. The van der Waals surface area contributed by atoms with Gasteiger partial charge in [0.05, 0.1) is 26.9 Å². The molecule has 112 valence electrons. The van der Waals surface area contributed by atoms with E-state index < -0.39 is 5.97 Å². The van der Waals surface area contributed by atoms with Crippen LogP contribution in [0.25, 0.3) is 0 Å². The zero-order valence-corrected chi connectivity index (χ0v) is 15.0. The molecule has 0 unspecified atom stereocenters. The molecule has 22 heavy (non-hydrogen) atoms. The van der Waals surface area contributed by atoms with Crippen LogP contribution in [0.4, 0.5) is 0 Å². The van der Waals surface area contributed by atoms with Gasteiger partial charge in [-0.2, -0.15) is 4.98 Å². The van der Waals surface area contributed by atoms with Crippen LogP contribution in [0.1, 0.15) is 11.8 Å². The standard InChI is InChI=1S/C15H15NO5.Na.H/c1-18-11-6-4-10(5-7-11)15(17)21-14-9-12(19-2)8-13(16-14)20-3;;/h4-9H,1-3H3;;/q;+1;-1. The fourth-order valence-electron chi connectivity index (χ4n) is 1.61. The number of hydrogen-bond acceptors (Lipinski definition) is 6. The molecule has 0 bridgehead atoms. The normalized spacial score (nSPS) is 9.41. The van der Waals surface area contributed by atoms with E-state index in [9.17, 15) is 4.79 Å². The number of nitrogens with zero attached hydrogens (tertiary/aromatic N) is 1. The molecule has 1 aromatic carbocycles. The van der Waals surface area contributed by atoms with Gasteiger partial charge >= 0.3 is 35.5 Å². The number of carbonyl (C=O) groups is 1. The van der Waals surface area contributed by atoms with Crippen molar-refractivity contribution in [3.63, 3.8) is 0 Å². The molecular weight excluding hydrogens is 297 g/mol. The summed E-state index contributed by atoms with van der Waals surface area (Å²) in [7, 11) is 4.53. The summed E-state index contributed by atoms with van der Waals surface area (Å²) in [6, 6.07) is 9.66. The Kier molecular flexibility index (Phi) is 7.17. The van der Waals surface area contributed by atoms with Gasteiger partial charge in [-0.1, -0.05) is 0 Å². The number of pyridine rings is 1. The predicted octanol–water partition coefficient (Wildman–Crippen LogP) is -0.557. The summed E-state index contributed by atoms with van der Waals surface area (Å²) in [5.74, 6) is 1.02. The van der Waals surface area contributed by atoms with Crippen LogP contribution < -0.4 is 48.5 Å². The van der Waals surface area contributed by atoms with Gasteiger partial charge < -0.3 is 20.4 Å². The summed E-state index contributed by atoms with van der Waals surface area (Å²) in [6.45, 7) is 0. The molecule has 0 aliphatic carbocycles. The molecule has 0 aliphatic heterocycles. The van der Waals surface area contributed by atoms with Gasteiger partial charge in [-0.15, -0.1) is 0 Å². The van der Waals surface area contributed by atoms with Crippen LogP contribution in [0, 0.1) is 0 Å². The fourth-order valence-corrected chi connectivity index (χ4v) is 1.61. The van der Waals surface area contributed by atoms with E-state index in [1.165, 1.54) is 20.3 Å². The second-order valence-electron chi connectivity index (χ2n) is 4.01. The molecule has 6 nitrogen and oxygen atoms in total. The topological polar surface area (TPSA) is 66.9 Å². The van der Waals surface area contributed by atoms with Crippen molar-refractivity contribution in [1.29, 1.82) is 0 Å². The van der Waals surface area contributed by atoms with Gasteiger partial charge in [-0.05, 0) is 24.3 Å². The average molecular weight is 313 g/mol. The van der Waals surface area contributed by atoms with E-state index in [-0.39, 0.29) is 36.9 Å². The molecule has 7 heteroatoms. The first-order chi connectivity index (χ1) is 10.2. The molecular formula is C15H16NNaO5. The molecule has 0 radical (unpaired) electrons. The maximum absolute atomic E-state index is 12.0. The van der Waals surface area contributed by atoms with Crippen molar-refractivity contribution in [3.8, 4) is 23.3 Å². The summed E-state index contributed by atoms with van der Waals surface area (Å²) in [5.41, 5.74) is 0.388. The molecule has 0 saturated heterocycles. The minimum absolute atomic E-state index is 0. The van der Waals surface area contributed by atoms with Gasteiger partial charge in [0.1, 0.15) is 11.5 Å². The van der Waals surface area contributed by atoms with E-state index >= 15 is 0 Å². The van der Waals surface area contributed by atoms with Gasteiger partial charge in [-0.25, -0.2) is 4.79 Å². The van der Waals surface area contributed by atoms with Gasteiger partial charge in [-0.3, -0.25) is 0 Å². The number of carbonyl (C=O) groups excluding carboxylic acids is 1. The average Bonchev–Trinajstić information content (AvgIpc) is 2.54. The largest absolute Gasteiger partial charge is 1.00 e. The Morgan fingerprint density at radius 2 is 1.50 bits per heavy atom. The van der Waals surface area contributed by atoms with Crippen molar-refractivity contribution < 1.29 is 54.7 Å². The van der Waals surface area contributed by atoms with Crippen molar-refractivity contribution >= 4 is 5.97 Å². The number of benzene rings is 1. The van der Waals surface area contributed by atoms with Crippen molar-refractivity contribution in [2.75, 3.05) is 21.3 Å². The molecule has 2 aromatic rings. The van der Waals surface area contributed by atoms with E-state index in [2.05, 4.69) is 4.98 Å². The summed E-state index contributed by atoms with van der Waals surface area (Å²) in [5, 5.41) is 0. The van der Waals surface area contributed by atoms with Gasteiger partial charge in [0, 0.05) is 12.1 Å². The fraction of sp³-hybridized carbons (Fsp3) is 0.200. The predicted molar refractivity (Wildman–Crippen MR) is 76.4 cm³/mol. The van der Waals surface area contributed by atoms with Crippen LogP contribution in [-0.2, 0) is 0 Å². The molecule has 0 N–H and O–H groups in total. The van der Waals surface area contributed by atoms with Crippen LogP contribution in [0.5, 0.6) is 23.3 Å². The molecule has 2 rings (SSSR count). The number of rotatable bonds is 5. The molecule has 1 heterocycles. The first-order valence-electron chi connectivity index (χ1n) is 6.12. The van der Waals surface area contributed by atoms with E-state index in [1.54, 1.807) is 37.4 Å². The van der Waals surface area contributed by atoms with E-state index in [0.29, 0.717) is 22.9 Å². The number of methoxy groups -OCH3 is 3. The SMILES string of the molecule is COc1ccc(C(=O)Oc2cc(OC)cc(OC)n2)cc1.[H-].[Na+]. The van der Waals surface area contributed by atoms with Crippen molar-refractivity contribution in [1.82, 2.24) is 4.98 Å². The van der Waals surface area contributed by atoms with Crippen LogP contribution >= 0.6 is 0 Å². The first-order valence-corrected chi connectivity index (χ1v) is 6.12. The quantitative estimate of drug-likeness (QED) is 0.545. The zero-order chi connectivity index (χ0) is 15.2.